The molecule has 0 fully saturated rings. The van der Waals surface area contributed by atoms with Gasteiger partial charge in [-0.15, -0.1) is 0 Å². The van der Waals surface area contributed by atoms with Crippen molar-refractivity contribution in [3.63, 3.8) is 0 Å². The summed E-state index contributed by atoms with van der Waals surface area (Å²) in [6.07, 6.45) is 11.5. The maximum Gasteiger partial charge on any atom is 0.246 e. The summed E-state index contributed by atoms with van der Waals surface area (Å²) in [4.78, 5) is 21.4. The van der Waals surface area contributed by atoms with Gasteiger partial charge in [0, 0.05) is 55.8 Å². The summed E-state index contributed by atoms with van der Waals surface area (Å²) >= 11 is 0. The fourth-order valence-electron chi connectivity index (χ4n) is 4.29. The lowest BCUT2D eigenvalue weighted by Crippen LogP contribution is -2.24. The van der Waals surface area contributed by atoms with Crippen molar-refractivity contribution < 1.29 is 13.6 Å². The maximum absolute atomic E-state index is 13.6. The third-order valence-corrected chi connectivity index (χ3v) is 6.98. The lowest BCUT2D eigenvalue weighted by atomic mass is 10.0. The average Bonchev–Trinajstić information content (AvgIpc) is 3.45. The molecule has 1 heterocycles. The monoisotopic (exact) mass is 585 g/mol. The number of hydrogen-bond acceptors (Lipinski definition) is 4. The van der Waals surface area contributed by atoms with Crippen LogP contribution >= 0.6 is 0 Å². The number of aromatic nitrogens is 2. The van der Waals surface area contributed by atoms with Gasteiger partial charge in [-0.3, -0.25) is 14.5 Å². The number of rotatable bonds is 13. The highest BCUT2D eigenvalue weighted by Crippen LogP contribution is 2.25. The number of amides is 1. The zero-order valence-electron chi connectivity index (χ0n) is 25.9. The van der Waals surface area contributed by atoms with E-state index in [1.165, 1.54) is 24.3 Å². The minimum Gasteiger partial charge on any atom is -0.338 e. The molecule has 6 nitrogen and oxygen atoms in total. The molecule has 0 saturated carbocycles. The molecular weight excluding hydrogens is 544 g/mol. The standard InChI is InChI=1S/C35H41F2N5O/c1-8-25(3)35(38-21-28(9-2)31-22-39-42(24-31)16-15-40(5)6)29-12-10-11-27(17-29)23-41(7)34(43)14-13-26(4)30-18-32(36)20-33(37)19-30/h9-14,17-22,24H,4,8,15-16,23H2,1-3,5-7H3/b14-13-,28-9+,35-25+,38-21+. The predicted octanol–water partition coefficient (Wildman–Crippen LogP) is 7.27. The van der Waals surface area contributed by atoms with Crippen LogP contribution in [0.4, 0.5) is 8.78 Å². The lowest BCUT2D eigenvalue weighted by molar-refractivity contribution is -0.125. The molecule has 43 heavy (non-hydrogen) atoms. The van der Waals surface area contributed by atoms with Crippen LogP contribution < -0.4 is 0 Å². The molecule has 0 atom stereocenters. The average molecular weight is 586 g/mol. The summed E-state index contributed by atoms with van der Waals surface area (Å²) in [5.74, 6) is -1.65. The van der Waals surface area contributed by atoms with E-state index in [2.05, 4.69) is 30.4 Å². The van der Waals surface area contributed by atoms with Crippen molar-refractivity contribution in [1.82, 2.24) is 19.6 Å². The fourth-order valence-corrected chi connectivity index (χ4v) is 4.29. The predicted molar refractivity (Wildman–Crippen MR) is 173 cm³/mol. The van der Waals surface area contributed by atoms with Gasteiger partial charge in [0.1, 0.15) is 11.6 Å². The van der Waals surface area contributed by atoms with Gasteiger partial charge in [-0.2, -0.15) is 5.10 Å². The first kappa shape index (κ1) is 33.1. The van der Waals surface area contributed by atoms with Crippen LogP contribution in [-0.2, 0) is 17.9 Å². The molecule has 0 saturated heterocycles. The van der Waals surface area contributed by atoms with Gasteiger partial charge >= 0.3 is 0 Å². The molecule has 0 unspecified atom stereocenters. The Morgan fingerprint density at radius 3 is 2.42 bits per heavy atom. The highest BCUT2D eigenvalue weighted by molar-refractivity contribution is 6.11. The summed E-state index contributed by atoms with van der Waals surface area (Å²) in [7, 11) is 5.78. The molecule has 3 rings (SSSR count). The van der Waals surface area contributed by atoms with Gasteiger partial charge in [-0.25, -0.2) is 8.78 Å². The summed E-state index contributed by atoms with van der Waals surface area (Å²) in [5, 5.41) is 4.50. The molecule has 8 heteroatoms. The molecule has 0 radical (unpaired) electrons. The second-order valence-corrected chi connectivity index (χ2v) is 10.7. The Balaban J connectivity index is 1.74. The first-order valence-electron chi connectivity index (χ1n) is 14.3. The molecular formula is C35H41F2N5O. The van der Waals surface area contributed by atoms with E-state index in [4.69, 9.17) is 4.99 Å². The summed E-state index contributed by atoms with van der Waals surface area (Å²) in [5.41, 5.74) is 6.54. The van der Waals surface area contributed by atoms with E-state index in [1.54, 1.807) is 11.9 Å². The van der Waals surface area contributed by atoms with Crippen molar-refractivity contribution >= 4 is 29.0 Å². The van der Waals surface area contributed by atoms with Crippen molar-refractivity contribution in [3.8, 4) is 0 Å². The zero-order chi connectivity index (χ0) is 31.5. The molecule has 0 N–H and O–H groups in total. The van der Waals surface area contributed by atoms with E-state index in [0.29, 0.717) is 12.1 Å². The molecule has 3 aromatic rings. The Morgan fingerprint density at radius 1 is 1.05 bits per heavy atom. The van der Waals surface area contributed by atoms with Gasteiger partial charge in [0.25, 0.3) is 0 Å². The third-order valence-electron chi connectivity index (χ3n) is 6.98. The normalized spacial score (nSPS) is 12.8. The number of benzene rings is 2. The van der Waals surface area contributed by atoms with Crippen molar-refractivity contribution in [3.05, 3.63) is 119 Å². The molecule has 0 aliphatic heterocycles. The van der Waals surface area contributed by atoms with E-state index in [-0.39, 0.29) is 11.5 Å². The van der Waals surface area contributed by atoms with Gasteiger partial charge < -0.3 is 9.80 Å². The molecule has 2 aromatic carbocycles. The molecule has 226 valence electrons. The topological polar surface area (TPSA) is 53.7 Å². The molecule has 0 aliphatic carbocycles. The first-order chi connectivity index (χ1) is 20.5. The molecule has 1 aromatic heterocycles. The van der Waals surface area contributed by atoms with Crippen LogP contribution in [0, 0.1) is 11.6 Å². The van der Waals surface area contributed by atoms with Crippen LogP contribution in [0.15, 0.2) is 90.2 Å². The number of allylic oxidation sites excluding steroid dienone is 5. The first-order valence-corrected chi connectivity index (χ1v) is 14.3. The fraction of sp³-hybridized carbons (Fsp3) is 0.286. The van der Waals surface area contributed by atoms with Crippen molar-refractivity contribution in [2.75, 3.05) is 27.7 Å². The van der Waals surface area contributed by atoms with Crippen molar-refractivity contribution in [2.45, 2.75) is 40.3 Å². The number of likely N-dealkylation sites (N-methyl/N-ethyl adjacent to an activating group) is 2. The van der Waals surface area contributed by atoms with Gasteiger partial charge in [0.2, 0.25) is 5.91 Å². The number of carbonyl (C=O) groups is 1. The van der Waals surface area contributed by atoms with Crippen LogP contribution in [0.2, 0.25) is 0 Å². The van der Waals surface area contributed by atoms with E-state index in [1.807, 2.05) is 74.7 Å². The van der Waals surface area contributed by atoms with Crippen molar-refractivity contribution in [2.24, 2.45) is 4.99 Å². The van der Waals surface area contributed by atoms with Gasteiger partial charge in [-0.1, -0.05) is 37.8 Å². The third kappa shape index (κ3) is 9.82. The highest BCUT2D eigenvalue weighted by atomic mass is 19.1. The number of nitrogens with zero attached hydrogens (tertiary/aromatic N) is 5. The Hall–Kier alpha value is -4.43. The molecule has 1 amide bonds. The second-order valence-electron chi connectivity index (χ2n) is 10.7. The van der Waals surface area contributed by atoms with E-state index in [9.17, 15) is 13.6 Å². The Kier molecular flexibility index (Phi) is 12.1. The van der Waals surface area contributed by atoms with Gasteiger partial charge in [0.15, 0.2) is 0 Å². The van der Waals surface area contributed by atoms with Crippen LogP contribution in [0.3, 0.4) is 0 Å². The smallest absolute Gasteiger partial charge is 0.246 e. The summed E-state index contributed by atoms with van der Waals surface area (Å²) in [6, 6.07) is 11.1. The molecule has 0 bridgehead atoms. The summed E-state index contributed by atoms with van der Waals surface area (Å²) < 4.78 is 29.0. The van der Waals surface area contributed by atoms with Crippen LogP contribution in [0.1, 0.15) is 49.4 Å². The van der Waals surface area contributed by atoms with Crippen LogP contribution in [0.25, 0.3) is 16.8 Å². The summed E-state index contributed by atoms with van der Waals surface area (Å²) in [6.45, 7) is 12.1. The SMILES string of the molecule is C=C(/C=C\C(=O)N(C)Cc1cccc(C(/N=C/C(=C\C)c2cnn(CCN(C)C)c2)=C(/C)CC)c1)c1cc(F)cc(F)c1. The highest BCUT2D eigenvalue weighted by Gasteiger charge is 2.11. The van der Waals surface area contributed by atoms with E-state index in [0.717, 1.165) is 59.1 Å². The molecule has 0 aliphatic rings. The number of hydrogen-bond donors (Lipinski definition) is 0. The largest absolute Gasteiger partial charge is 0.338 e. The lowest BCUT2D eigenvalue weighted by Gasteiger charge is -2.16. The number of carbonyl (C=O) groups excluding carboxylic acids is 1. The van der Waals surface area contributed by atoms with E-state index >= 15 is 0 Å². The zero-order valence-corrected chi connectivity index (χ0v) is 25.9. The van der Waals surface area contributed by atoms with Crippen LogP contribution in [-0.4, -0.2) is 59.4 Å². The van der Waals surface area contributed by atoms with Crippen LogP contribution in [0.5, 0.6) is 0 Å². The van der Waals surface area contributed by atoms with Gasteiger partial charge in [0.05, 0.1) is 18.4 Å². The minimum atomic E-state index is -0.697. The minimum absolute atomic E-state index is 0.259. The molecule has 0 spiro atoms. The Labute approximate surface area is 254 Å². The Bertz CT molecular complexity index is 1540. The maximum atomic E-state index is 13.6. The number of aliphatic imine (C=N–C) groups is 1. The van der Waals surface area contributed by atoms with Gasteiger partial charge in [-0.05, 0) is 86.5 Å². The quantitative estimate of drug-likeness (QED) is 0.120. The Morgan fingerprint density at radius 2 is 1.77 bits per heavy atom. The number of halogens is 2. The van der Waals surface area contributed by atoms with Crippen molar-refractivity contribution in [1.29, 1.82) is 0 Å². The second kappa shape index (κ2) is 15.7. The van der Waals surface area contributed by atoms with E-state index < -0.39 is 11.6 Å².